The molecule has 0 aromatic carbocycles. The molecule has 1 aromatic rings. The number of aliphatic carboxylic acids is 1. The quantitative estimate of drug-likeness (QED) is 0.778. The smallest absolute Gasteiger partial charge is 0.313 e. The topological polar surface area (TPSA) is 77.2 Å². The number of carboxylic acids is 1. The predicted molar refractivity (Wildman–Crippen MR) is 80.6 cm³/mol. The Bertz CT molecular complexity index is 526. The molecule has 2 rings (SSSR count). The van der Waals surface area contributed by atoms with E-state index in [-0.39, 0.29) is 16.6 Å². The Kier molecular flexibility index (Phi) is 4.35. The number of methoxy groups -OCH3 is 1. The summed E-state index contributed by atoms with van der Waals surface area (Å²) in [5, 5.41) is 18.0. The third-order valence-electron chi connectivity index (χ3n) is 4.87. The molecule has 1 aromatic heterocycles. The molecule has 0 unspecified atom stereocenters. The van der Waals surface area contributed by atoms with Gasteiger partial charge in [-0.2, -0.15) is 0 Å². The first-order chi connectivity index (χ1) is 9.73. The average Bonchev–Trinajstić information content (AvgIpc) is 2.70. The zero-order valence-electron chi connectivity index (χ0n) is 13.2. The summed E-state index contributed by atoms with van der Waals surface area (Å²) in [5.74, 6) is 0.404. The molecule has 1 aliphatic rings. The van der Waals surface area contributed by atoms with Gasteiger partial charge in [-0.3, -0.25) is 4.79 Å². The van der Waals surface area contributed by atoms with Crippen molar-refractivity contribution in [2.24, 2.45) is 10.8 Å². The maximum atomic E-state index is 10.8. The molecule has 1 heterocycles. The maximum absolute atomic E-state index is 10.8. The zero-order chi connectivity index (χ0) is 15.8. The van der Waals surface area contributed by atoms with E-state index in [1.54, 1.807) is 7.11 Å². The SMILES string of the molecule is COCCn1c(SCC(=O)O)nnc1C1C(C)(C)C1(C)C. The number of thioether (sulfide) groups is 1. The molecule has 0 aliphatic heterocycles. The monoisotopic (exact) mass is 313 g/mol. The average molecular weight is 313 g/mol. The fraction of sp³-hybridized carbons (Fsp3) is 0.786. The van der Waals surface area contributed by atoms with Crippen molar-refractivity contribution in [2.45, 2.75) is 45.3 Å². The molecule has 0 atom stereocenters. The number of nitrogens with zero attached hydrogens (tertiary/aromatic N) is 3. The van der Waals surface area contributed by atoms with Gasteiger partial charge in [0.1, 0.15) is 5.82 Å². The lowest BCUT2D eigenvalue weighted by molar-refractivity contribution is -0.133. The first-order valence-corrected chi connectivity index (χ1v) is 7.98. The molecule has 0 amide bonds. The van der Waals surface area contributed by atoms with Crippen molar-refractivity contribution < 1.29 is 14.6 Å². The van der Waals surface area contributed by atoms with Crippen LogP contribution < -0.4 is 0 Å². The van der Waals surface area contributed by atoms with Gasteiger partial charge in [0.25, 0.3) is 0 Å². The largest absolute Gasteiger partial charge is 0.481 e. The fourth-order valence-corrected chi connectivity index (χ4v) is 3.67. The first-order valence-electron chi connectivity index (χ1n) is 7.00. The van der Waals surface area contributed by atoms with Crippen LogP contribution in [0, 0.1) is 10.8 Å². The predicted octanol–water partition coefficient (Wildman–Crippen LogP) is 2.25. The lowest BCUT2D eigenvalue weighted by Gasteiger charge is -2.10. The lowest BCUT2D eigenvalue weighted by Crippen LogP contribution is -2.11. The van der Waals surface area contributed by atoms with Crippen LogP contribution in [0.5, 0.6) is 0 Å². The van der Waals surface area contributed by atoms with Crippen molar-refractivity contribution in [3.63, 3.8) is 0 Å². The summed E-state index contributed by atoms with van der Waals surface area (Å²) >= 11 is 1.21. The molecular weight excluding hydrogens is 290 g/mol. The molecule has 6 nitrogen and oxygen atoms in total. The van der Waals surface area contributed by atoms with E-state index in [1.807, 2.05) is 4.57 Å². The van der Waals surface area contributed by atoms with Gasteiger partial charge in [0.15, 0.2) is 5.16 Å². The first kappa shape index (κ1) is 16.3. The van der Waals surface area contributed by atoms with Gasteiger partial charge in [0, 0.05) is 19.6 Å². The van der Waals surface area contributed by atoms with E-state index in [2.05, 4.69) is 37.9 Å². The minimum absolute atomic E-state index is 0.0113. The van der Waals surface area contributed by atoms with Gasteiger partial charge in [-0.25, -0.2) is 0 Å². The molecule has 0 saturated heterocycles. The maximum Gasteiger partial charge on any atom is 0.313 e. The highest BCUT2D eigenvalue weighted by atomic mass is 32.2. The van der Waals surface area contributed by atoms with Crippen molar-refractivity contribution >= 4 is 17.7 Å². The van der Waals surface area contributed by atoms with Gasteiger partial charge in [0.2, 0.25) is 0 Å². The van der Waals surface area contributed by atoms with Crippen LogP contribution in [0.25, 0.3) is 0 Å². The van der Waals surface area contributed by atoms with Gasteiger partial charge in [0.05, 0.1) is 12.4 Å². The minimum atomic E-state index is -0.852. The molecule has 1 saturated carbocycles. The van der Waals surface area contributed by atoms with Crippen molar-refractivity contribution in [3.05, 3.63) is 5.82 Å². The Morgan fingerprint density at radius 2 is 1.95 bits per heavy atom. The van der Waals surface area contributed by atoms with Crippen molar-refractivity contribution in [2.75, 3.05) is 19.5 Å². The van der Waals surface area contributed by atoms with Gasteiger partial charge >= 0.3 is 5.97 Å². The summed E-state index contributed by atoms with van der Waals surface area (Å²) in [5.41, 5.74) is 0.333. The summed E-state index contributed by atoms with van der Waals surface area (Å²) < 4.78 is 7.17. The minimum Gasteiger partial charge on any atom is -0.481 e. The highest BCUT2D eigenvalue weighted by Crippen LogP contribution is 2.73. The third-order valence-corrected chi connectivity index (χ3v) is 5.82. The molecule has 7 heteroatoms. The van der Waals surface area contributed by atoms with Crippen LogP contribution in [0.2, 0.25) is 0 Å². The highest BCUT2D eigenvalue weighted by Gasteiger charge is 2.67. The number of carbonyl (C=O) groups is 1. The molecule has 1 N–H and O–H groups in total. The molecule has 1 fully saturated rings. The van der Waals surface area contributed by atoms with Crippen LogP contribution in [0.15, 0.2) is 5.16 Å². The van der Waals surface area contributed by atoms with E-state index >= 15 is 0 Å². The lowest BCUT2D eigenvalue weighted by atomic mass is 10.0. The zero-order valence-corrected chi connectivity index (χ0v) is 14.0. The number of ether oxygens (including phenoxy) is 1. The van der Waals surface area contributed by atoms with E-state index < -0.39 is 5.97 Å². The van der Waals surface area contributed by atoms with Crippen LogP contribution in [0.1, 0.15) is 39.4 Å². The molecule has 118 valence electrons. The number of aromatic nitrogens is 3. The number of hydrogen-bond donors (Lipinski definition) is 1. The molecule has 1 aliphatic carbocycles. The second kappa shape index (κ2) is 5.61. The second-order valence-electron chi connectivity index (χ2n) is 6.54. The van der Waals surface area contributed by atoms with E-state index in [4.69, 9.17) is 9.84 Å². The van der Waals surface area contributed by atoms with Gasteiger partial charge in [-0.05, 0) is 10.8 Å². The summed E-state index contributed by atoms with van der Waals surface area (Å²) in [6.45, 7) is 10.1. The Labute approximate surface area is 129 Å². The Morgan fingerprint density at radius 3 is 2.43 bits per heavy atom. The Hall–Kier alpha value is -1.08. The van der Waals surface area contributed by atoms with Crippen LogP contribution in [0.3, 0.4) is 0 Å². The summed E-state index contributed by atoms with van der Waals surface area (Å²) in [4.78, 5) is 10.8. The van der Waals surface area contributed by atoms with Gasteiger partial charge < -0.3 is 14.4 Å². The summed E-state index contributed by atoms with van der Waals surface area (Å²) in [6, 6.07) is 0. The second-order valence-corrected chi connectivity index (χ2v) is 7.49. The van der Waals surface area contributed by atoms with E-state index in [9.17, 15) is 4.79 Å². The Morgan fingerprint density at radius 1 is 1.33 bits per heavy atom. The normalized spacial score (nSPS) is 19.7. The number of carboxylic acid groups (broad SMARTS) is 1. The number of hydrogen-bond acceptors (Lipinski definition) is 5. The fourth-order valence-electron chi connectivity index (χ4n) is 2.98. The van der Waals surface area contributed by atoms with E-state index in [0.29, 0.717) is 24.2 Å². The highest BCUT2D eigenvalue weighted by molar-refractivity contribution is 7.99. The van der Waals surface area contributed by atoms with Crippen LogP contribution in [-0.2, 0) is 16.1 Å². The molecule has 21 heavy (non-hydrogen) atoms. The van der Waals surface area contributed by atoms with Gasteiger partial charge in [-0.15, -0.1) is 10.2 Å². The van der Waals surface area contributed by atoms with E-state index in [0.717, 1.165) is 5.82 Å². The third kappa shape index (κ3) is 2.81. The Balaban J connectivity index is 2.27. The van der Waals surface area contributed by atoms with Crippen molar-refractivity contribution in [3.8, 4) is 0 Å². The van der Waals surface area contributed by atoms with Crippen LogP contribution >= 0.6 is 11.8 Å². The van der Waals surface area contributed by atoms with Crippen LogP contribution in [-0.4, -0.2) is 45.3 Å². The van der Waals surface area contributed by atoms with Crippen LogP contribution in [0.4, 0.5) is 0 Å². The molecule has 0 bridgehead atoms. The number of rotatable bonds is 7. The van der Waals surface area contributed by atoms with E-state index in [1.165, 1.54) is 11.8 Å². The van der Waals surface area contributed by atoms with Crippen molar-refractivity contribution in [1.29, 1.82) is 0 Å². The van der Waals surface area contributed by atoms with Gasteiger partial charge in [-0.1, -0.05) is 39.5 Å². The molecule has 0 spiro atoms. The standard InChI is InChI=1S/C14H23N3O3S/c1-13(2)10(14(13,3)4)11-15-16-12(21-8-9(18)19)17(11)6-7-20-5/h10H,6-8H2,1-5H3,(H,18,19). The molecular formula is C14H23N3O3S. The summed E-state index contributed by atoms with van der Waals surface area (Å²) in [7, 11) is 1.65. The van der Waals surface area contributed by atoms with Crippen molar-refractivity contribution in [1.82, 2.24) is 14.8 Å². The summed E-state index contributed by atoms with van der Waals surface area (Å²) in [6.07, 6.45) is 0. The molecule has 0 radical (unpaired) electrons.